The number of hydrogen-bond acceptors (Lipinski definition) is 2. The van der Waals surface area contributed by atoms with Crippen molar-refractivity contribution in [3.05, 3.63) is 33.8 Å². The molecule has 0 radical (unpaired) electrons. The van der Waals surface area contributed by atoms with E-state index in [1.54, 1.807) is 6.07 Å². The lowest BCUT2D eigenvalue weighted by atomic mass is 9.86. The van der Waals surface area contributed by atoms with Crippen LogP contribution in [0.25, 0.3) is 0 Å². The van der Waals surface area contributed by atoms with Crippen LogP contribution in [0.5, 0.6) is 0 Å². The van der Waals surface area contributed by atoms with Gasteiger partial charge in [-0.3, -0.25) is 0 Å². The summed E-state index contributed by atoms with van der Waals surface area (Å²) in [5.74, 6) is 0. The molecule has 1 aliphatic heterocycles. The van der Waals surface area contributed by atoms with Crippen molar-refractivity contribution in [1.82, 2.24) is 5.32 Å². The highest BCUT2D eigenvalue weighted by molar-refractivity contribution is 6.34. The van der Waals surface area contributed by atoms with Crippen LogP contribution in [0.1, 0.15) is 45.1 Å². The van der Waals surface area contributed by atoms with Crippen LogP contribution >= 0.6 is 23.2 Å². The van der Waals surface area contributed by atoms with E-state index in [2.05, 4.69) is 19.2 Å². The lowest BCUT2D eigenvalue weighted by Crippen LogP contribution is -2.46. The second-order valence-corrected chi connectivity index (χ2v) is 6.46. The molecule has 0 bridgehead atoms. The first-order valence-electron chi connectivity index (χ1n) is 7.39. The van der Waals surface area contributed by atoms with Gasteiger partial charge in [0.05, 0.1) is 5.60 Å². The Kier molecular flexibility index (Phi) is 5.74. The Morgan fingerprint density at radius 3 is 2.45 bits per heavy atom. The number of benzene rings is 1. The second kappa shape index (κ2) is 7.13. The highest BCUT2D eigenvalue weighted by Crippen LogP contribution is 2.31. The first-order valence-corrected chi connectivity index (χ1v) is 8.15. The monoisotopic (exact) mass is 315 g/mol. The number of nitrogens with one attached hydrogen (secondary N) is 1. The average Bonchev–Trinajstić information content (AvgIpc) is 2.44. The molecule has 4 heteroatoms. The zero-order chi connectivity index (χ0) is 14.6. The topological polar surface area (TPSA) is 21.3 Å². The Labute approximate surface area is 131 Å². The van der Waals surface area contributed by atoms with Crippen LogP contribution in [-0.4, -0.2) is 18.2 Å². The molecule has 0 saturated carbocycles. The van der Waals surface area contributed by atoms with Gasteiger partial charge in [0.15, 0.2) is 0 Å². The Hall–Kier alpha value is -0.280. The first kappa shape index (κ1) is 16.1. The van der Waals surface area contributed by atoms with E-state index in [1.807, 2.05) is 12.1 Å². The van der Waals surface area contributed by atoms with Crippen LogP contribution < -0.4 is 5.32 Å². The van der Waals surface area contributed by atoms with Gasteiger partial charge in [-0.1, -0.05) is 37.0 Å². The molecule has 0 aliphatic carbocycles. The molecule has 1 atom stereocenters. The zero-order valence-electron chi connectivity index (χ0n) is 12.2. The third kappa shape index (κ3) is 4.11. The Morgan fingerprint density at radius 1 is 1.20 bits per heavy atom. The maximum Gasteiger partial charge on any atom is 0.0692 e. The van der Waals surface area contributed by atoms with E-state index in [0.717, 1.165) is 44.4 Å². The molecule has 2 nitrogen and oxygen atoms in total. The fourth-order valence-electron chi connectivity index (χ4n) is 2.92. The molecule has 1 heterocycles. The van der Waals surface area contributed by atoms with Crippen molar-refractivity contribution >= 4 is 23.2 Å². The molecule has 0 amide bonds. The number of ether oxygens (including phenoxy) is 1. The average molecular weight is 316 g/mol. The van der Waals surface area contributed by atoms with Crippen molar-refractivity contribution in [2.75, 3.05) is 6.61 Å². The molecule has 1 unspecified atom stereocenters. The smallest absolute Gasteiger partial charge is 0.0692 e. The van der Waals surface area contributed by atoms with Gasteiger partial charge in [0, 0.05) is 29.2 Å². The van der Waals surface area contributed by atoms with Crippen LogP contribution in [-0.2, 0) is 11.3 Å². The molecule has 112 valence electrons. The standard InChI is InChI=1S/C16H23Cl2NO/c1-3-16(4-2)10-15(5-6-20-16)19-11-12-7-13(17)9-14(18)8-12/h7-9,15,19H,3-6,10-11H2,1-2H3. The largest absolute Gasteiger partial charge is 0.375 e. The highest BCUT2D eigenvalue weighted by atomic mass is 35.5. The van der Waals surface area contributed by atoms with Gasteiger partial charge >= 0.3 is 0 Å². The Balaban J connectivity index is 1.93. The van der Waals surface area contributed by atoms with Crippen molar-refractivity contribution < 1.29 is 4.74 Å². The lowest BCUT2D eigenvalue weighted by molar-refractivity contribution is -0.0932. The minimum absolute atomic E-state index is 0.0574. The van der Waals surface area contributed by atoms with Crippen LogP contribution in [0.2, 0.25) is 10.0 Å². The fraction of sp³-hybridized carbons (Fsp3) is 0.625. The molecule has 1 N–H and O–H groups in total. The summed E-state index contributed by atoms with van der Waals surface area (Å²) in [5, 5.41) is 5.00. The van der Waals surface area contributed by atoms with Gasteiger partial charge in [0.2, 0.25) is 0 Å². The molecule has 1 fully saturated rings. The third-order valence-electron chi connectivity index (χ3n) is 4.30. The maximum atomic E-state index is 6.03. The summed E-state index contributed by atoms with van der Waals surface area (Å²) in [6.07, 6.45) is 4.29. The normalized spacial score (nSPS) is 21.9. The Morgan fingerprint density at radius 2 is 1.85 bits per heavy atom. The van der Waals surface area contributed by atoms with E-state index in [4.69, 9.17) is 27.9 Å². The van der Waals surface area contributed by atoms with Crippen molar-refractivity contribution in [2.24, 2.45) is 0 Å². The lowest BCUT2D eigenvalue weighted by Gasteiger charge is -2.40. The predicted octanol–water partition coefficient (Wildman–Crippen LogP) is 4.82. The van der Waals surface area contributed by atoms with Crippen LogP contribution in [0, 0.1) is 0 Å². The molecule has 1 saturated heterocycles. The molecule has 0 aromatic heterocycles. The predicted molar refractivity (Wildman–Crippen MR) is 85.6 cm³/mol. The molecule has 1 aromatic rings. The van der Waals surface area contributed by atoms with E-state index >= 15 is 0 Å². The van der Waals surface area contributed by atoms with Gasteiger partial charge in [0.1, 0.15) is 0 Å². The quantitative estimate of drug-likeness (QED) is 0.841. The van der Waals surface area contributed by atoms with E-state index in [-0.39, 0.29) is 5.60 Å². The van der Waals surface area contributed by atoms with Gasteiger partial charge in [-0.2, -0.15) is 0 Å². The van der Waals surface area contributed by atoms with Crippen molar-refractivity contribution in [1.29, 1.82) is 0 Å². The molecule has 0 spiro atoms. The fourth-order valence-corrected chi connectivity index (χ4v) is 3.49. The van der Waals surface area contributed by atoms with Crippen LogP contribution in [0.3, 0.4) is 0 Å². The summed E-state index contributed by atoms with van der Waals surface area (Å²) in [6.45, 7) is 6.06. The van der Waals surface area contributed by atoms with Crippen LogP contribution in [0.15, 0.2) is 18.2 Å². The number of hydrogen-bond donors (Lipinski definition) is 1. The molecular formula is C16H23Cl2NO. The maximum absolute atomic E-state index is 6.03. The molecule has 1 aromatic carbocycles. The summed E-state index contributed by atoms with van der Waals surface area (Å²) in [5.41, 5.74) is 1.19. The van der Waals surface area contributed by atoms with Gasteiger partial charge in [0.25, 0.3) is 0 Å². The van der Waals surface area contributed by atoms with Gasteiger partial charge in [-0.15, -0.1) is 0 Å². The summed E-state index contributed by atoms with van der Waals surface area (Å²) in [7, 11) is 0. The minimum atomic E-state index is 0.0574. The van der Waals surface area contributed by atoms with Crippen LogP contribution in [0.4, 0.5) is 0 Å². The third-order valence-corrected chi connectivity index (χ3v) is 4.74. The zero-order valence-corrected chi connectivity index (χ0v) is 13.7. The van der Waals surface area contributed by atoms with Crippen molar-refractivity contribution in [3.8, 4) is 0 Å². The number of rotatable bonds is 5. The minimum Gasteiger partial charge on any atom is -0.375 e. The summed E-state index contributed by atoms with van der Waals surface area (Å²) in [6, 6.07) is 6.20. The molecule has 20 heavy (non-hydrogen) atoms. The van der Waals surface area contributed by atoms with Crippen molar-refractivity contribution in [2.45, 2.75) is 57.7 Å². The Bertz CT molecular complexity index is 426. The van der Waals surface area contributed by atoms with E-state index in [0.29, 0.717) is 16.1 Å². The second-order valence-electron chi connectivity index (χ2n) is 5.59. The molecule has 2 rings (SSSR count). The van der Waals surface area contributed by atoms with E-state index < -0.39 is 0 Å². The summed E-state index contributed by atoms with van der Waals surface area (Å²) >= 11 is 12.1. The first-order chi connectivity index (χ1) is 9.57. The molecular weight excluding hydrogens is 293 g/mol. The summed E-state index contributed by atoms with van der Waals surface area (Å²) < 4.78 is 6.00. The van der Waals surface area contributed by atoms with E-state index in [1.165, 1.54) is 0 Å². The van der Waals surface area contributed by atoms with E-state index in [9.17, 15) is 0 Å². The van der Waals surface area contributed by atoms with Gasteiger partial charge in [-0.05, 0) is 49.4 Å². The highest BCUT2D eigenvalue weighted by Gasteiger charge is 2.34. The molecule has 1 aliphatic rings. The van der Waals surface area contributed by atoms with Gasteiger partial charge in [-0.25, -0.2) is 0 Å². The van der Waals surface area contributed by atoms with Gasteiger partial charge < -0.3 is 10.1 Å². The SMILES string of the molecule is CCC1(CC)CC(NCc2cc(Cl)cc(Cl)c2)CCO1. The number of halogens is 2. The van der Waals surface area contributed by atoms with Crippen molar-refractivity contribution in [3.63, 3.8) is 0 Å². The summed E-state index contributed by atoms with van der Waals surface area (Å²) in [4.78, 5) is 0.